The smallest absolute Gasteiger partial charge is 0.475 e. The number of carbonyl (C=O) groups excluding carboxylic acids is 1. The molecule has 0 bridgehead atoms. The van der Waals surface area contributed by atoms with Crippen LogP contribution in [0.3, 0.4) is 0 Å². The van der Waals surface area contributed by atoms with Crippen LogP contribution in [0.25, 0.3) is 10.2 Å². The normalized spacial score (nSPS) is 24.5. The van der Waals surface area contributed by atoms with E-state index in [0.717, 1.165) is 47.3 Å². The van der Waals surface area contributed by atoms with Crippen molar-refractivity contribution >= 4 is 33.4 Å². The number of carboxylic acid groups (broad SMARTS) is 1. The first kappa shape index (κ1) is 22.5. The molecule has 1 saturated heterocycles. The number of aromatic nitrogens is 1. The number of carboxylic acids is 1. The lowest BCUT2D eigenvalue weighted by atomic mass is 10.1. The summed E-state index contributed by atoms with van der Waals surface area (Å²) in [6.45, 7) is 4.49. The Labute approximate surface area is 176 Å². The van der Waals surface area contributed by atoms with E-state index in [2.05, 4.69) is 22.1 Å². The average Bonchev–Trinajstić information content (AvgIpc) is 3.41. The average molecular weight is 443 g/mol. The van der Waals surface area contributed by atoms with Gasteiger partial charge in [0.25, 0.3) is 5.91 Å². The number of fused-ring (bicyclic) bond motifs is 1. The van der Waals surface area contributed by atoms with Crippen LogP contribution in [-0.2, 0) is 4.79 Å². The van der Waals surface area contributed by atoms with E-state index in [1.165, 1.54) is 19.3 Å². The predicted octanol–water partition coefficient (Wildman–Crippen LogP) is 3.92. The zero-order chi connectivity index (χ0) is 21.9. The lowest BCUT2D eigenvalue weighted by molar-refractivity contribution is -0.192. The lowest BCUT2D eigenvalue weighted by Gasteiger charge is -2.27. The maximum Gasteiger partial charge on any atom is 0.490 e. The van der Waals surface area contributed by atoms with Crippen LogP contribution in [0.1, 0.15) is 43.0 Å². The summed E-state index contributed by atoms with van der Waals surface area (Å²) in [6.07, 6.45) is 0.0168. The third kappa shape index (κ3) is 5.48. The number of hydrogen-bond acceptors (Lipinski definition) is 5. The molecule has 2 N–H and O–H groups in total. The summed E-state index contributed by atoms with van der Waals surface area (Å²) < 4.78 is 32.8. The molecule has 164 valence electrons. The molecule has 30 heavy (non-hydrogen) atoms. The molecule has 6 nitrogen and oxygen atoms in total. The van der Waals surface area contributed by atoms with Gasteiger partial charge < -0.3 is 10.4 Å². The van der Waals surface area contributed by atoms with Gasteiger partial charge in [0.05, 0.1) is 15.7 Å². The minimum atomic E-state index is -5.08. The van der Waals surface area contributed by atoms with Gasteiger partial charge >= 0.3 is 12.1 Å². The standard InChI is InChI=1S/C18H23N3OS.C2HF3O2/c1-12-3-2-4-16(12)21-8-7-14(10-21)20-18(22)13-5-6-15-17(9-13)23-11-19-15;3-2(4,5)1(6)7/h5-6,9,11-12,14,16H,2-4,7-8,10H2,1H3,(H,20,22);(H,6,7)/t12?,14-,16?;/m0./s1. The summed E-state index contributed by atoms with van der Waals surface area (Å²) in [7, 11) is 0. The Morgan fingerprint density at radius 2 is 2.00 bits per heavy atom. The summed E-state index contributed by atoms with van der Waals surface area (Å²) in [4.78, 5) is 28.3. The van der Waals surface area contributed by atoms with Gasteiger partial charge in [-0.05, 0) is 43.4 Å². The fourth-order valence-corrected chi connectivity index (χ4v) is 4.86. The molecule has 0 spiro atoms. The monoisotopic (exact) mass is 443 g/mol. The Hall–Kier alpha value is -2.20. The molecule has 2 fully saturated rings. The van der Waals surface area contributed by atoms with Gasteiger partial charge in [0.1, 0.15) is 0 Å². The molecule has 1 aromatic heterocycles. The summed E-state index contributed by atoms with van der Waals surface area (Å²) in [5.41, 5.74) is 3.53. The van der Waals surface area contributed by atoms with E-state index >= 15 is 0 Å². The van der Waals surface area contributed by atoms with Crippen LogP contribution in [0.15, 0.2) is 23.7 Å². The van der Waals surface area contributed by atoms with E-state index in [1.54, 1.807) is 11.3 Å². The van der Waals surface area contributed by atoms with Crippen molar-refractivity contribution in [1.29, 1.82) is 0 Å². The quantitative estimate of drug-likeness (QED) is 0.751. The topological polar surface area (TPSA) is 82.5 Å². The number of thiazole rings is 1. The predicted molar refractivity (Wildman–Crippen MR) is 108 cm³/mol. The van der Waals surface area contributed by atoms with Gasteiger partial charge in [0, 0.05) is 30.7 Å². The molecule has 2 aliphatic rings. The molecule has 4 rings (SSSR count). The van der Waals surface area contributed by atoms with Gasteiger partial charge in [-0.1, -0.05) is 13.3 Å². The van der Waals surface area contributed by atoms with Crippen molar-refractivity contribution in [3.63, 3.8) is 0 Å². The third-order valence-corrected chi connectivity index (χ3v) is 6.47. The molecule has 0 radical (unpaired) electrons. The van der Waals surface area contributed by atoms with Gasteiger partial charge in [-0.3, -0.25) is 9.69 Å². The van der Waals surface area contributed by atoms with Crippen molar-refractivity contribution in [3.8, 4) is 0 Å². The summed E-state index contributed by atoms with van der Waals surface area (Å²) >= 11 is 1.58. The van der Waals surface area contributed by atoms with Crippen molar-refractivity contribution < 1.29 is 27.9 Å². The SMILES string of the molecule is CC1CCCC1N1CC[C@H](NC(=O)c2ccc3ncsc3c2)C1.O=C(O)C(F)(F)F. The van der Waals surface area contributed by atoms with E-state index in [1.807, 2.05) is 23.7 Å². The van der Waals surface area contributed by atoms with E-state index in [0.29, 0.717) is 0 Å². The number of likely N-dealkylation sites (tertiary alicyclic amines) is 1. The van der Waals surface area contributed by atoms with Crippen LogP contribution in [0, 0.1) is 5.92 Å². The molecule has 1 amide bonds. The van der Waals surface area contributed by atoms with E-state index < -0.39 is 12.1 Å². The highest BCUT2D eigenvalue weighted by Gasteiger charge is 2.38. The number of hydrogen-bond donors (Lipinski definition) is 2. The molecular formula is C20H24F3N3O3S. The van der Waals surface area contributed by atoms with Crippen molar-refractivity contribution in [2.24, 2.45) is 5.92 Å². The molecule has 3 atom stereocenters. The summed E-state index contributed by atoms with van der Waals surface area (Å²) in [6, 6.07) is 6.77. The molecule has 1 aromatic carbocycles. The van der Waals surface area contributed by atoms with Crippen molar-refractivity contribution in [1.82, 2.24) is 15.2 Å². The molecule has 2 unspecified atom stereocenters. The molecule has 1 aliphatic carbocycles. The number of halogens is 3. The molecular weight excluding hydrogens is 419 g/mol. The first-order valence-corrected chi connectivity index (χ1v) is 10.7. The van der Waals surface area contributed by atoms with Crippen LogP contribution in [0.2, 0.25) is 0 Å². The second-order valence-electron chi connectivity index (χ2n) is 7.77. The van der Waals surface area contributed by atoms with Crippen LogP contribution >= 0.6 is 11.3 Å². The van der Waals surface area contributed by atoms with Crippen LogP contribution in [-0.4, -0.2) is 58.2 Å². The second-order valence-corrected chi connectivity index (χ2v) is 8.65. The van der Waals surface area contributed by atoms with E-state index in [9.17, 15) is 18.0 Å². The first-order valence-electron chi connectivity index (χ1n) is 9.83. The maximum absolute atomic E-state index is 12.5. The number of amides is 1. The Kier molecular flexibility index (Phi) is 6.97. The van der Waals surface area contributed by atoms with Gasteiger partial charge in [-0.25, -0.2) is 9.78 Å². The van der Waals surface area contributed by atoms with Gasteiger partial charge in [0.15, 0.2) is 0 Å². The zero-order valence-electron chi connectivity index (χ0n) is 16.5. The van der Waals surface area contributed by atoms with Crippen molar-refractivity contribution in [2.45, 2.75) is 50.9 Å². The van der Waals surface area contributed by atoms with Crippen LogP contribution in [0.5, 0.6) is 0 Å². The van der Waals surface area contributed by atoms with Gasteiger partial charge in [0.2, 0.25) is 0 Å². The molecule has 1 aliphatic heterocycles. The molecule has 1 saturated carbocycles. The number of nitrogens with one attached hydrogen (secondary N) is 1. The van der Waals surface area contributed by atoms with E-state index in [-0.39, 0.29) is 11.9 Å². The largest absolute Gasteiger partial charge is 0.490 e. The minimum absolute atomic E-state index is 0.0478. The molecule has 2 aromatic rings. The number of aliphatic carboxylic acids is 1. The zero-order valence-corrected chi connectivity index (χ0v) is 17.3. The highest BCUT2D eigenvalue weighted by atomic mass is 32.1. The number of alkyl halides is 3. The number of rotatable bonds is 3. The third-order valence-electron chi connectivity index (χ3n) is 5.68. The Morgan fingerprint density at radius 3 is 2.63 bits per heavy atom. The minimum Gasteiger partial charge on any atom is -0.475 e. The lowest BCUT2D eigenvalue weighted by Crippen LogP contribution is -2.40. The van der Waals surface area contributed by atoms with Crippen LogP contribution in [0.4, 0.5) is 13.2 Å². The summed E-state index contributed by atoms with van der Waals surface area (Å²) in [5, 5.41) is 10.3. The van der Waals surface area contributed by atoms with Crippen LogP contribution < -0.4 is 5.32 Å². The Morgan fingerprint density at radius 1 is 1.27 bits per heavy atom. The highest BCUT2D eigenvalue weighted by Crippen LogP contribution is 2.31. The van der Waals surface area contributed by atoms with Crippen molar-refractivity contribution in [2.75, 3.05) is 13.1 Å². The molecule has 2 heterocycles. The number of benzene rings is 1. The Bertz CT molecular complexity index is 902. The fourth-order valence-electron chi connectivity index (χ4n) is 4.14. The molecule has 10 heteroatoms. The number of nitrogens with zero attached hydrogens (tertiary/aromatic N) is 2. The Balaban J connectivity index is 0.000000318. The van der Waals surface area contributed by atoms with Gasteiger partial charge in [-0.2, -0.15) is 13.2 Å². The highest BCUT2D eigenvalue weighted by molar-refractivity contribution is 7.16. The fraction of sp³-hybridized carbons (Fsp3) is 0.550. The van der Waals surface area contributed by atoms with Crippen molar-refractivity contribution in [3.05, 3.63) is 29.3 Å². The second kappa shape index (κ2) is 9.30. The summed E-state index contributed by atoms with van der Waals surface area (Å²) in [5.74, 6) is -1.91. The van der Waals surface area contributed by atoms with E-state index in [4.69, 9.17) is 9.90 Å². The first-order chi connectivity index (χ1) is 14.1. The van der Waals surface area contributed by atoms with Gasteiger partial charge in [-0.15, -0.1) is 11.3 Å². The maximum atomic E-state index is 12.5. The number of carbonyl (C=O) groups is 2.